The SMILES string of the molecule is Cc1ccc(S(=O)(=O)N2C(=O)CC[C@@H]2CC(C)C)cc1. The van der Waals surface area contributed by atoms with Crippen molar-refractivity contribution in [3.05, 3.63) is 29.8 Å². The molecule has 4 nitrogen and oxygen atoms in total. The molecule has 2 rings (SSSR count). The highest BCUT2D eigenvalue weighted by Crippen LogP contribution is 2.30. The molecule has 1 atom stereocenters. The third-order valence-electron chi connectivity index (χ3n) is 3.59. The van der Waals surface area contributed by atoms with E-state index in [2.05, 4.69) is 0 Å². The fraction of sp³-hybridized carbons (Fsp3) is 0.533. The van der Waals surface area contributed by atoms with Crippen LogP contribution in [0.4, 0.5) is 0 Å². The average molecular weight is 295 g/mol. The molecule has 0 aromatic heterocycles. The van der Waals surface area contributed by atoms with Crippen LogP contribution in [0.5, 0.6) is 0 Å². The van der Waals surface area contributed by atoms with Gasteiger partial charge in [0.2, 0.25) is 5.91 Å². The summed E-state index contributed by atoms with van der Waals surface area (Å²) in [5.41, 5.74) is 0.996. The summed E-state index contributed by atoms with van der Waals surface area (Å²) in [4.78, 5) is 12.2. The van der Waals surface area contributed by atoms with Crippen molar-refractivity contribution in [2.75, 3.05) is 0 Å². The number of carbonyl (C=O) groups excluding carboxylic acids is 1. The van der Waals surface area contributed by atoms with E-state index in [0.717, 1.165) is 16.3 Å². The minimum Gasteiger partial charge on any atom is -0.274 e. The van der Waals surface area contributed by atoms with Crippen LogP contribution in [-0.4, -0.2) is 24.7 Å². The average Bonchev–Trinajstić information content (AvgIpc) is 2.70. The topological polar surface area (TPSA) is 54.5 Å². The number of hydrogen-bond acceptors (Lipinski definition) is 3. The van der Waals surface area contributed by atoms with E-state index in [-0.39, 0.29) is 16.8 Å². The lowest BCUT2D eigenvalue weighted by Gasteiger charge is -2.25. The van der Waals surface area contributed by atoms with Crippen molar-refractivity contribution in [2.24, 2.45) is 5.92 Å². The zero-order valence-electron chi connectivity index (χ0n) is 12.2. The molecular weight excluding hydrogens is 274 g/mol. The third kappa shape index (κ3) is 2.87. The number of amides is 1. The van der Waals surface area contributed by atoms with Crippen molar-refractivity contribution in [3.63, 3.8) is 0 Å². The maximum Gasteiger partial charge on any atom is 0.266 e. The summed E-state index contributed by atoms with van der Waals surface area (Å²) < 4.78 is 26.4. The fourth-order valence-electron chi connectivity index (χ4n) is 2.63. The number of nitrogens with zero attached hydrogens (tertiary/aromatic N) is 1. The second-order valence-electron chi connectivity index (χ2n) is 5.83. The van der Waals surface area contributed by atoms with E-state index < -0.39 is 10.0 Å². The van der Waals surface area contributed by atoms with Crippen LogP contribution in [-0.2, 0) is 14.8 Å². The lowest BCUT2D eigenvalue weighted by atomic mass is 10.0. The van der Waals surface area contributed by atoms with E-state index in [4.69, 9.17) is 0 Å². The Morgan fingerprint density at radius 1 is 1.25 bits per heavy atom. The highest BCUT2D eigenvalue weighted by atomic mass is 32.2. The van der Waals surface area contributed by atoms with Crippen molar-refractivity contribution in [2.45, 2.75) is 51.0 Å². The quantitative estimate of drug-likeness (QED) is 0.858. The summed E-state index contributed by atoms with van der Waals surface area (Å²) in [6.07, 6.45) is 1.67. The van der Waals surface area contributed by atoms with Gasteiger partial charge in [-0.25, -0.2) is 12.7 Å². The van der Waals surface area contributed by atoms with Gasteiger partial charge in [-0.3, -0.25) is 4.79 Å². The molecule has 1 heterocycles. The molecule has 110 valence electrons. The van der Waals surface area contributed by atoms with E-state index in [1.54, 1.807) is 24.3 Å². The predicted octanol–water partition coefficient (Wildman–Crippen LogP) is 2.72. The molecule has 1 aliphatic heterocycles. The van der Waals surface area contributed by atoms with Crippen molar-refractivity contribution in [1.82, 2.24) is 4.31 Å². The number of aryl methyl sites for hydroxylation is 1. The zero-order chi connectivity index (χ0) is 14.9. The van der Waals surface area contributed by atoms with Gasteiger partial charge < -0.3 is 0 Å². The molecule has 1 aliphatic rings. The molecule has 0 spiro atoms. The van der Waals surface area contributed by atoms with Crippen LogP contribution in [0, 0.1) is 12.8 Å². The Labute approximate surface area is 120 Å². The van der Waals surface area contributed by atoms with Crippen LogP contribution in [0.25, 0.3) is 0 Å². The highest BCUT2D eigenvalue weighted by molar-refractivity contribution is 7.89. The monoisotopic (exact) mass is 295 g/mol. The molecule has 0 bridgehead atoms. The van der Waals surface area contributed by atoms with Crippen LogP contribution in [0.1, 0.15) is 38.7 Å². The van der Waals surface area contributed by atoms with Crippen molar-refractivity contribution in [1.29, 1.82) is 0 Å². The first-order chi connectivity index (χ1) is 9.32. The molecule has 1 saturated heterocycles. The van der Waals surface area contributed by atoms with E-state index in [0.29, 0.717) is 18.8 Å². The molecule has 0 unspecified atom stereocenters. The first-order valence-corrected chi connectivity index (χ1v) is 8.40. The summed E-state index contributed by atoms with van der Waals surface area (Å²) in [5, 5.41) is 0. The highest BCUT2D eigenvalue weighted by Gasteiger charge is 2.40. The van der Waals surface area contributed by atoms with Gasteiger partial charge in [-0.1, -0.05) is 31.5 Å². The lowest BCUT2D eigenvalue weighted by Crippen LogP contribution is -2.39. The number of benzene rings is 1. The maximum atomic E-state index is 12.7. The van der Waals surface area contributed by atoms with Crippen LogP contribution in [0.15, 0.2) is 29.2 Å². The summed E-state index contributed by atoms with van der Waals surface area (Å²) in [7, 11) is -3.72. The van der Waals surface area contributed by atoms with Gasteiger partial charge >= 0.3 is 0 Å². The molecule has 1 aromatic rings. The predicted molar refractivity (Wildman–Crippen MR) is 77.7 cm³/mol. The smallest absolute Gasteiger partial charge is 0.266 e. The van der Waals surface area contributed by atoms with E-state index in [1.165, 1.54) is 0 Å². The van der Waals surface area contributed by atoms with Gasteiger partial charge in [-0.2, -0.15) is 0 Å². The molecule has 5 heteroatoms. The molecule has 1 aromatic carbocycles. The second kappa shape index (κ2) is 5.56. The Morgan fingerprint density at radius 3 is 2.40 bits per heavy atom. The fourth-order valence-corrected chi connectivity index (χ4v) is 4.28. The molecule has 0 radical (unpaired) electrons. The van der Waals surface area contributed by atoms with Crippen molar-refractivity contribution in [3.8, 4) is 0 Å². The van der Waals surface area contributed by atoms with Gasteiger partial charge in [-0.05, 0) is 37.8 Å². The molecule has 0 aliphatic carbocycles. The summed E-state index contributed by atoms with van der Waals surface area (Å²) >= 11 is 0. The minimum absolute atomic E-state index is 0.200. The van der Waals surface area contributed by atoms with E-state index in [1.807, 2.05) is 20.8 Å². The van der Waals surface area contributed by atoms with E-state index >= 15 is 0 Å². The largest absolute Gasteiger partial charge is 0.274 e. The van der Waals surface area contributed by atoms with Gasteiger partial charge in [0.05, 0.1) is 4.90 Å². The van der Waals surface area contributed by atoms with Gasteiger partial charge in [0.15, 0.2) is 0 Å². The van der Waals surface area contributed by atoms with Gasteiger partial charge in [0.1, 0.15) is 0 Å². The van der Waals surface area contributed by atoms with Crippen molar-refractivity contribution >= 4 is 15.9 Å². The molecule has 1 amide bonds. The second-order valence-corrected chi connectivity index (χ2v) is 7.64. The van der Waals surface area contributed by atoms with E-state index in [9.17, 15) is 13.2 Å². The number of carbonyl (C=O) groups is 1. The van der Waals surface area contributed by atoms with Crippen LogP contribution in [0.3, 0.4) is 0 Å². The Hall–Kier alpha value is -1.36. The Bertz CT molecular complexity index is 590. The van der Waals surface area contributed by atoms with Gasteiger partial charge in [-0.15, -0.1) is 0 Å². The molecule has 1 fully saturated rings. The third-order valence-corrected chi connectivity index (χ3v) is 5.48. The Morgan fingerprint density at radius 2 is 1.85 bits per heavy atom. The van der Waals surface area contributed by atoms with Crippen LogP contribution >= 0.6 is 0 Å². The number of rotatable bonds is 4. The number of hydrogen-bond donors (Lipinski definition) is 0. The Balaban J connectivity index is 2.35. The Kier molecular flexibility index (Phi) is 4.18. The minimum atomic E-state index is -3.72. The molecule has 0 saturated carbocycles. The standard InChI is InChI=1S/C15H21NO3S/c1-11(2)10-13-6-9-15(17)16(13)20(18,19)14-7-4-12(3)5-8-14/h4-5,7-8,11,13H,6,9-10H2,1-3H3/t13-/m1/s1. The number of sulfonamides is 1. The van der Waals surface area contributed by atoms with Crippen LogP contribution in [0.2, 0.25) is 0 Å². The molecule has 20 heavy (non-hydrogen) atoms. The normalized spacial score (nSPS) is 19.9. The first kappa shape index (κ1) is 15.0. The summed E-state index contributed by atoms with van der Waals surface area (Å²) in [6.45, 7) is 5.98. The first-order valence-electron chi connectivity index (χ1n) is 6.96. The lowest BCUT2D eigenvalue weighted by molar-refractivity contribution is -0.124. The van der Waals surface area contributed by atoms with Gasteiger partial charge in [0, 0.05) is 12.5 Å². The molecular formula is C15H21NO3S. The summed E-state index contributed by atoms with van der Waals surface area (Å²) in [5.74, 6) is 0.0813. The molecule has 0 N–H and O–H groups in total. The van der Waals surface area contributed by atoms with Crippen molar-refractivity contribution < 1.29 is 13.2 Å². The summed E-state index contributed by atoms with van der Waals surface area (Å²) in [6, 6.07) is 6.45. The maximum absolute atomic E-state index is 12.7. The zero-order valence-corrected chi connectivity index (χ0v) is 13.0. The van der Waals surface area contributed by atoms with Crippen LogP contribution < -0.4 is 0 Å². The van der Waals surface area contributed by atoms with Gasteiger partial charge in [0.25, 0.3) is 10.0 Å².